The van der Waals surface area contributed by atoms with Crippen LogP contribution in [0.15, 0.2) is 0 Å². The standard InChI is InChI=1S/C8H16N2O/c1-11-8-4-7-5-9-2-3-10(7)6-8/h7-9H,2-6H2,1H3/t7?,8-/m1/s1. The molecule has 2 saturated heterocycles. The van der Waals surface area contributed by atoms with E-state index in [1.54, 1.807) is 0 Å². The zero-order chi connectivity index (χ0) is 7.68. The van der Waals surface area contributed by atoms with Crippen LogP contribution >= 0.6 is 0 Å². The Labute approximate surface area is 67.7 Å². The van der Waals surface area contributed by atoms with Crippen LogP contribution in [-0.2, 0) is 4.74 Å². The summed E-state index contributed by atoms with van der Waals surface area (Å²) < 4.78 is 5.33. The summed E-state index contributed by atoms with van der Waals surface area (Å²) in [6.07, 6.45) is 1.70. The molecule has 0 saturated carbocycles. The van der Waals surface area contributed by atoms with Crippen molar-refractivity contribution >= 4 is 0 Å². The smallest absolute Gasteiger partial charge is 0.0713 e. The molecular weight excluding hydrogens is 140 g/mol. The molecule has 2 aliphatic heterocycles. The predicted molar refractivity (Wildman–Crippen MR) is 43.6 cm³/mol. The normalized spacial score (nSPS) is 39.0. The minimum absolute atomic E-state index is 0.486. The molecule has 64 valence electrons. The highest BCUT2D eigenvalue weighted by molar-refractivity contribution is 4.90. The van der Waals surface area contributed by atoms with E-state index >= 15 is 0 Å². The number of nitrogens with zero attached hydrogens (tertiary/aromatic N) is 1. The highest BCUT2D eigenvalue weighted by atomic mass is 16.5. The van der Waals surface area contributed by atoms with Crippen molar-refractivity contribution < 1.29 is 4.74 Å². The molecule has 0 aromatic carbocycles. The van der Waals surface area contributed by atoms with Crippen molar-refractivity contribution in [3.8, 4) is 0 Å². The van der Waals surface area contributed by atoms with Crippen LogP contribution in [-0.4, -0.2) is 50.3 Å². The molecule has 0 aliphatic carbocycles. The second kappa shape index (κ2) is 3.09. The van der Waals surface area contributed by atoms with Crippen LogP contribution in [0.4, 0.5) is 0 Å². The summed E-state index contributed by atoms with van der Waals surface area (Å²) in [6.45, 7) is 4.64. The number of ether oxygens (including phenoxy) is 1. The Kier molecular flexibility index (Phi) is 2.11. The molecule has 3 nitrogen and oxygen atoms in total. The molecule has 2 atom stereocenters. The maximum atomic E-state index is 5.33. The van der Waals surface area contributed by atoms with E-state index in [9.17, 15) is 0 Å². The van der Waals surface area contributed by atoms with Crippen LogP contribution in [0, 0.1) is 0 Å². The highest BCUT2D eigenvalue weighted by Crippen LogP contribution is 2.20. The van der Waals surface area contributed by atoms with Crippen LogP contribution < -0.4 is 5.32 Å². The Hall–Kier alpha value is -0.120. The number of hydrogen-bond donors (Lipinski definition) is 1. The van der Waals surface area contributed by atoms with E-state index < -0.39 is 0 Å². The minimum Gasteiger partial charge on any atom is -0.380 e. The first kappa shape index (κ1) is 7.53. The van der Waals surface area contributed by atoms with Crippen LogP contribution in [0.1, 0.15) is 6.42 Å². The lowest BCUT2D eigenvalue weighted by Crippen LogP contribution is -2.47. The van der Waals surface area contributed by atoms with Crippen molar-refractivity contribution in [3.63, 3.8) is 0 Å². The molecule has 0 aromatic rings. The van der Waals surface area contributed by atoms with E-state index in [2.05, 4.69) is 10.2 Å². The van der Waals surface area contributed by atoms with Crippen molar-refractivity contribution in [1.29, 1.82) is 0 Å². The van der Waals surface area contributed by atoms with E-state index in [1.165, 1.54) is 13.0 Å². The average Bonchev–Trinajstić information content (AvgIpc) is 2.46. The van der Waals surface area contributed by atoms with Gasteiger partial charge in [-0.25, -0.2) is 0 Å². The van der Waals surface area contributed by atoms with Crippen LogP contribution in [0.2, 0.25) is 0 Å². The Bertz CT molecular complexity index is 126. The van der Waals surface area contributed by atoms with Crippen LogP contribution in [0.5, 0.6) is 0 Å². The van der Waals surface area contributed by atoms with E-state index in [4.69, 9.17) is 4.74 Å². The fraction of sp³-hybridized carbons (Fsp3) is 1.00. The SMILES string of the molecule is CO[C@@H]1CC2CNCCN2C1. The van der Waals surface area contributed by atoms with Gasteiger partial charge in [0, 0.05) is 39.3 Å². The number of nitrogens with one attached hydrogen (secondary N) is 1. The van der Waals surface area contributed by atoms with Gasteiger partial charge in [0.2, 0.25) is 0 Å². The first-order valence-corrected chi connectivity index (χ1v) is 4.37. The lowest BCUT2D eigenvalue weighted by atomic mass is 10.2. The molecule has 1 unspecified atom stereocenters. The van der Waals surface area contributed by atoms with E-state index in [0.29, 0.717) is 6.10 Å². The molecule has 2 fully saturated rings. The molecule has 0 spiro atoms. The fourth-order valence-electron chi connectivity index (χ4n) is 2.09. The maximum absolute atomic E-state index is 5.33. The monoisotopic (exact) mass is 156 g/mol. The van der Waals surface area contributed by atoms with E-state index in [-0.39, 0.29) is 0 Å². The van der Waals surface area contributed by atoms with Gasteiger partial charge >= 0.3 is 0 Å². The lowest BCUT2D eigenvalue weighted by Gasteiger charge is -2.29. The van der Waals surface area contributed by atoms with Gasteiger partial charge < -0.3 is 10.1 Å². The molecule has 2 aliphatic rings. The van der Waals surface area contributed by atoms with Gasteiger partial charge in [-0.05, 0) is 6.42 Å². The quantitative estimate of drug-likeness (QED) is 0.563. The van der Waals surface area contributed by atoms with Crippen molar-refractivity contribution in [2.45, 2.75) is 18.6 Å². The van der Waals surface area contributed by atoms with Crippen molar-refractivity contribution in [3.05, 3.63) is 0 Å². The molecule has 0 bridgehead atoms. The second-order valence-electron chi connectivity index (χ2n) is 3.45. The van der Waals surface area contributed by atoms with Crippen molar-refractivity contribution in [1.82, 2.24) is 10.2 Å². The van der Waals surface area contributed by atoms with Gasteiger partial charge in [0.1, 0.15) is 0 Å². The summed E-state index contributed by atoms with van der Waals surface area (Å²) in [5, 5.41) is 3.40. The molecule has 0 radical (unpaired) electrons. The largest absolute Gasteiger partial charge is 0.380 e. The maximum Gasteiger partial charge on any atom is 0.0713 e. The van der Waals surface area contributed by atoms with Gasteiger partial charge in [0.05, 0.1) is 6.10 Å². The summed E-state index contributed by atoms with van der Waals surface area (Å²) in [5.74, 6) is 0. The molecule has 0 aromatic heterocycles. The van der Waals surface area contributed by atoms with E-state index in [1.807, 2.05) is 7.11 Å². The third kappa shape index (κ3) is 1.41. The van der Waals surface area contributed by atoms with Gasteiger partial charge in [-0.3, -0.25) is 4.90 Å². The minimum atomic E-state index is 0.486. The molecule has 3 heteroatoms. The highest BCUT2D eigenvalue weighted by Gasteiger charge is 2.33. The molecule has 2 rings (SSSR count). The predicted octanol–water partition coefficient (Wildman–Crippen LogP) is -0.321. The fourth-order valence-corrected chi connectivity index (χ4v) is 2.09. The van der Waals surface area contributed by atoms with Crippen LogP contribution in [0.25, 0.3) is 0 Å². The first-order chi connectivity index (χ1) is 5.40. The first-order valence-electron chi connectivity index (χ1n) is 4.37. The van der Waals surface area contributed by atoms with E-state index in [0.717, 1.165) is 25.7 Å². The summed E-state index contributed by atoms with van der Waals surface area (Å²) in [7, 11) is 1.82. The Morgan fingerprint density at radius 3 is 3.18 bits per heavy atom. The van der Waals surface area contributed by atoms with Gasteiger partial charge in [-0.15, -0.1) is 0 Å². The number of rotatable bonds is 1. The van der Waals surface area contributed by atoms with Gasteiger partial charge in [-0.1, -0.05) is 0 Å². The topological polar surface area (TPSA) is 24.5 Å². The number of piperazine rings is 1. The molecular formula is C8H16N2O. The molecule has 1 N–H and O–H groups in total. The Morgan fingerprint density at radius 1 is 1.55 bits per heavy atom. The Balaban J connectivity index is 1.92. The number of methoxy groups -OCH3 is 1. The van der Waals surface area contributed by atoms with Gasteiger partial charge in [0.15, 0.2) is 0 Å². The molecule has 2 heterocycles. The summed E-state index contributed by atoms with van der Waals surface area (Å²) in [6, 6.07) is 0.744. The number of fused-ring (bicyclic) bond motifs is 1. The average molecular weight is 156 g/mol. The number of hydrogen-bond acceptors (Lipinski definition) is 3. The molecule has 0 amide bonds. The summed E-state index contributed by atoms with van der Waals surface area (Å²) in [5.41, 5.74) is 0. The third-order valence-corrected chi connectivity index (χ3v) is 2.78. The summed E-state index contributed by atoms with van der Waals surface area (Å²) >= 11 is 0. The second-order valence-corrected chi connectivity index (χ2v) is 3.45. The Morgan fingerprint density at radius 2 is 2.45 bits per heavy atom. The van der Waals surface area contributed by atoms with Crippen molar-refractivity contribution in [2.75, 3.05) is 33.3 Å². The van der Waals surface area contributed by atoms with Crippen molar-refractivity contribution in [2.24, 2.45) is 0 Å². The van der Waals surface area contributed by atoms with Gasteiger partial charge in [0.25, 0.3) is 0 Å². The summed E-state index contributed by atoms with van der Waals surface area (Å²) in [4.78, 5) is 2.53. The molecule has 11 heavy (non-hydrogen) atoms. The third-order valence-electron chi connectivity index (χ3n) is 2.78. The lowest BCUT2D eigenvalue weighted by molar-refractivity contribution is 0.108. The van der Waals surface area contributed by atoms with Gasteiger partial charge in [-0.2, -0.15) is 0 Å². The van der Waals surface area contributed by atoms with Crippen LogP contribution in [0.3, 0.4) is 0 Å². The zero-order valence-corrected chi connectivity index (χ0v) is 7.05. The zero-order valence-electron chi connectivity index (χ0n) is 7.05.